The zero-order valence-electron chi connectivity index (χ0n) is 12.0. The number of likely N-dealkylation sites (tertiary alicyclic amines) is 1. The number of nitrogens with zero attached hydrogens (tertiary/aromatic N) is 2. The quantitative estimate of drug-likeness (QED) is 0.870. The molecule has 2 heterocycles. The Kier molecular flexibility index (Phi) is 4.42. The number of piperidine rings is 1. The number of hydrogen-bond acceptors (Lipinski definition) is 4. The molecule has 106 valence electrons. The summed E-state index contributed by atoms with van der Waals surface area (Å²) in [4.78, 5) is 6.48. The second-order valence-corrected chi connectivity index (χ2v) is 6.00. The highest BCUT2D eigenvalue weighted by Gasteiger charge is 2.35. The lowest BCUT2D eigenvalue weighted by atomic mass is 9.88. The second-order valence-electron chi connectivity index (χ2n) is 6.00. The van der Waals surface area contributed by atoms with Crippen LogP contribution in [0.25, 0.3) is 0 Å². The Morgan fingerprint density at radius 1 is 1.37 bits per heavy atom. The fraction of sp³-hybridized carbons (Fsp3) is 0.667. The molecule has 0 amide bonds. The molecule has 1 fully saturated rings. The van der Waals surface area contributed by atoms with E-state index in [0.29, 0.717) is 12.1 Å². The van der Waals surface area contributed by atoms with Crippen LogP contribution in [0.4, 0.5) is 5.69 Å². The van der Waals surface area contributed by atoms with E-state index in [2.05, 4.69) is 23.7 Å². The zero-order valence-corrected chi connectivity index (χ0v) is 12.0. The van der Waals surface area contributed by atoms with Gasteiger partial charge in [-0.3, -0.25) is 9.88 Å². The maximum atomic E-state index is 10.6. The van der Waals surface area contributed by atoms with Crippen molar-refractivity contribution in [3.63, 3.8) is 0 Å². The van der Waals surface area contributed by atoms with Crippen LogP contribution in [-0.4, -0.2) is 39.7 Å². The molecule has 2 rings (SSSR count). The summed E-state index contributed by atoms with van der Waals surface area (Å²) in [6, 6.07) is 1.79. The van der Waals surface area contributed by atoms with Crippen LogP contribution in [0, 0.1) is 0 Å². The molecule has 4 nitrogen and oxygen atoms in total. The van der Waals surface area contributed by atoms with E-state index in [1.165, 1.54) is 19.3 Å². The summed E-state index contributed by atoms with van der Waals surface area (Å²) >= 11 is 0. The average Bonchev–Trinajstić information content (AvgIpc) is 2.42. The Morgan fingerprint density at radius 2 is 2.05 bits per heavy atom. The first-order valence-corrected chi connectivity index (χ1v) is 7.13. The van der Waals surface area contributed by atoms with Crippen molar-refractivity contribution >= 4 is 5.69 Å². The predicted octanol–water partition coefficient (Wildman–Crippen LogP) is 1.83. The van der Waals surface area contributed by atoms with Crippen molar-refractivity contribution in [2.75, 3.05) is 18.8 Å². The van der Waals surface area contributed by atoms with E-state index >= 15 is 0 Å². The van der Waals surface area contributed by atoms with Gasteiger partial charge in [0.1, 0.15) is 0 Å². The van der Waals surface area contributed by atoms with Crippen molar-refractivity contribution in [3.05, 3.63) is 24.0 Å². The van der Waals surface area contributed by atoms with E-state index in [9.17, 15) is 5.11 Å². The van der Waals surface area contributed by atoms with Crippen molar-refractivity contribution in [3.8, 4) is 0 Å². The summed E-state index contributed by atoms with van der Waals surface area (Å²) in [7, 11) is 0. The number of aromatic nitrogens is 1. The van der Waals surface area contributed by atoms with Gasteiger partial charge in [-0.1, -0.05) is 6.42 Å². The Bertz CT molecular complexity index is 414. The Labute approximate surface area is 115 Å². The van der Waals surface area contributed by atoms with Crippen LogP contribution in [0.2, 0.25) is 0 Å². The van der Waals surface area contributed by atoms with Crippen LogP contribution < -0.4 is 5.73 Å². The molecule has 1 atom stereocenters. The minimum atomic E-state index is -0.433. The molecule has 1 unspecified atom stereocenters. The van der Waals surface area contributed by atoms with E-state index in [-0.39, 0.29) is 5.54 Å². The smallest absolute Gasteiger partial charge is 0.0760 e. The average molecular weight is 263 g/mol. The van der Waals surface area contributed by atoms with Crippen LogP contribution in [0.1, 0.15) is 38.7 Å². The maximum absolute atomic E-state index is 10.6. The van der Waals surface area contributed by atoms with Crippen LogP contribution in [0.3, 0.4) is 0 Å². The van der Waals surface area contributed by atoms with Crippen molar-refractivity contribution in [1.82, 2.24) is 9.88 Å². The summed E-state index contributed by atoms with van der Waals surface area (Å²) in [5.41, 5.74) is 7.35. The van der Waals surface area contributed by atoms with E-state index in [1.54, 1.807) is 18.5 Å². The molecule has 1 aromatic heterocycles. The first-order chi connectivity index (χ1) is 9.01. The number of nitrogens with two attached hydrogens (primary N) is 1. The highest BCUT2D eigenvalue weighted by molar-refractivity contribution is 5.44. The third-order valence-corrected chi connectivity index (χ3v) is 4.34. The van der Waals surface area contributed by atoms with Crippen LogP contribution >= 0.6 is 0 Å². The van der Waals surface area contributed by atoms with Crippen molar-refractivity contribution < 1.29 is 5.11 Å². The predicted molar refractivity (Wildman–Crippen MR) is 77.9 cm³/mol. The summed E-state index contributed by atoms with van der Waals surface area (Å²) in [6.07, 6.45) is 7.32. The van der Waals surface area contributed by atoms with Gasteiger partial charge < -0.3 is 10.8 Å². The summed E-state index contributed by atoms with van der Waals surface area (Å²) < 4.78 is 0. The molecular weight excluding hydrogens is 238 g/mol. The number of aliphatic hydroxyl groups is 1. The number of anilines is 1. The minimum absolute atomic E-state index is 0.220. The second kappa shape index (κ2) is 5.88. The van der Waals surface area contributed by atoms with Gasteiger partial charge in [-0.15, -0.1) is 0 Å². The van der Waals surface area contributed by atoms with Gasteiger partial charge >= 0.3 is 0 Å². The molecule has 0 saturated carbocycles. The first kappa shape index (κ1) is 14.3. The first-order valence-electron chi connectivity index (χ1n) is 7.13. The number of rotatable bonds is 4. The number of nitrogen functional groups attached to an aromatic ring is 1. The zero-order chi connectivity index (χ0) is 13.9. The van der Waals surface area contributed by atoms with E-state index in [0.717, 1.165) is 18.7 Å². The largest absolute Gasteiger partial charge is 0.398 e. The number of aliphatic hydroxyl groups excluding tert-OH is 1. The van der Waals surface area contributed by atoms with Gasteiger partial charge in [0.25, 0.3) is 0 Å². The van der Waals surface area contributed by atoms with Crippen molar-refractivity contribution in [2.45, 2.75) is 51.2 Å². The maximum Gasteiger partial charge on any atom is 0.0760 e. The minimum Gasteiger partial charge on any atom is -0.398 e. The van der Waals surface area contributed by atoms with Gasteiger partial charge in [0.05, 0.1) is 6.10 Å². The lowest BCUT2D eigenvalue weighted by Gasteiger charge is -2.44. The van der Waals surface area contributed by atoms with E-state index in [4.69, 9.17) is 5.73 Å². The molecule has 0 bridgehead atoms. The van der Waals surface area contributed by atoms with E-state index in [1.807, 2.05) is 0 Å². The fourth-order valence-electron chi connectivity index (χ4n) is 2.75. The third kappa shape index (κ3) is 3.25. The lowest BCUT2D eigenvalue weighted by molar-refractivity contribution is -0.0186. The molecule has 1 aromatic rings. The summed E-state index contributed by atoms with van der Waals surface area (Å²) in [5.74, 6) is 0. The van der Waals surface area contributed by atoms with Crippen LogP contribution in [-0.2, 0) is 6.42 Å². The SMILES string of the molecule is CC(C)(C(O)Cc1cnccc1N)N1CCCCC1. The Balaban J connectivity index is 2.05. The lowest BCUT2D eigenvalue weighted by Crippen LogP contribution is -2.54. The monoisotopic (exact) mass is 263 g/mol. The van der Waals surface area contributed by atoms with Gasteiger partial charge in [0.15, 0.2) is 0 Å². The fourth-order valence-corrected chi connectivity index (χ4v) is 2.75. The highest BCUT2D eigenvalue weighted by Crippen LogP contribution is 2.26. The van der Waals surface area contributed by atoms with Gasteiger partial charge in [-0.05, 0) is 51.4 Å². The summed E-state index contributed by atoms with van der Waals surface area (Å²) in [5, 5.41) is 10.6. The molecule has 0 aromatic carbocycles. The van der Waals surface area contributed by atoms with Crippen molar-refractivity contribution in [2.24, 2.45) is 0 Å². The van der Waals surface area contributed by atoms with Gasteiger partial charge in [0.2, 0.25) is 0 Å². The van der Waals surface area contributed by atoms with Gasteiger partial charge in [-0.25, -0.2) is 0 Å². The normalized spacial score (nSPS) is 19.3. The van der Waals surface area contributed by atoms with Gasteiger partial charge in [-0.2, -0.15) is 0 Å². The molecular formula is C15H25N3O. The molecule has 0 spiro atoms. The third-order valence-electron chi connectivity index (χ3n) is 4.34. The molecule has 0 aliphatic carbocycles. The topological polar surface area (TPSA) is 62.4 Å². The molecule has 19 heavy (non-hydrogen) atoms. The Hall–Kier alpha value is -1.13. The molecule has 3 N–H and O–H groups in total. The highest BCUT2D eigenvalue weighted by atomic mass is 16.3. The molecule has 1 aliphatic heterocycles. The van der Waals surface area contributed by atoms with Crippen LogP contribution in [0.5, 0.6) is 0 Å². The Morgan fingerprint density at radius 3 is 2.68 bits per heavy atom. The summed E-state index contributed by atoms with van der Waals surface area (Å²) in [6.45, 7) is 6.39. The van der Waals surface area contributed by atoms with E-state index < -0.39 is 6.10 Å². The molecule has 4 heteroatoms. The van der Waals surface area contributed by atoms with Gasteiger partial charge in [0, 0.05) is 30.0 Å². The molecule has 0 radical (unpaired) electrons. The number of pyridine rings is 1. The van der Waals surface area contributed by atoms with Crippen molar-refractivity contribution in [1.29, 1.82) is 0 Å². The van der Waals surface area contributed by atoms with Crippen LogP contribution in [0.15, 0.2) is 18.5 Å². The number of hydrogen-bond donors (Lipinski definition) is 2. The standard InChI is InChI=1S/C15H25N3O/c1-15(2,18-8-4-3-5-9-18)14(19)10-12-11-17-7-6-13(12)16/h6-7,11,14,19H,3-5,8-10H2,1-2H3,(H2,16,17). The molecule has 1 saturated heterocycles. The molecule has 1 aliphatic rings.